The molecule has 1 fully saturated rings. The largest absolute Gasteiger partial charge is 0.395 e. The number of aliphatic hydroxyl groups is 1. The van der Waals surface area contributed by atoms with Gasteiger partial charge in [0.1, 0.15) is 11.5 Å². The Kier molecular flexibility index (Phi) is 6.23. The Morgan fingerprint density at radius 2 is 1.67 bits per heavy atom. The van der Waals surface area contributed by atoms with E-state index >= 15 is 0 Å². The first-order valence-corrected chi connectivity index (χ1v) is 9.51. The number of hydrogen-bond acceptors (Lipinski definition) is 5. The smallest absolute Gasteiger partial charge is 0.277 e. The Bertz CT molecular complexity index is 724. The second-order valence-electron chi connectivity index (χ2n) is 6.90. The highest BCUT2D eigenvalue weighted by Crippen LogP contribution is 2.32. The monoisotopic (exact) mass is 375 g/mol. The molecule has 0 aromatic heterocycles. The van der Waals surface area contributed by atoms with Crippen LogP contribution >= 0.6 is 0 Å². The number of unbranched alkanes of at least 4 members (excludes halogenated alkanes) is 1. The molecule has 1 N–H and O–H groups in total. The van der Waals surface area contributed by atoms with E-state index in [-0.39, 0.29) is 24.2 Å². The maximum atomic E-state index is 13.3. The Morgan fingerprint density at radius 1 is 1.00 bits per heavy atom. The van der Waals surface area contributed by atoms with Gasteiger partial charge in [0, 0.05) is 39.3 Å². The zero-order valence-corrected chi connectivity index (χ0v) is 15.7. The van der Waals surface area contributed by atoms with Crippen LogP contribution < -0.4 is 0 Å². The van der Waals surface area contributed by atoms with Gasteiger partial charge in [0.2, 0.25) is 0 Å². The van der Waals surface area contributed by atoms with Crippen LogP contribution in [0.3, 0.4) is 0 Å². The Morgan fingerprint density at radius 3 is 2.26 bits per heavy atom. The van der Waals surface area contributed by atoms with Gasteiger partial charge in [-0.05, 0) is 24.1 Å². The summed E-state index contributed by atoms with van der Waals surface area (Å²) in [6.07, 6.45) is 1.64. The molecular formula is C20H26FN3O3. The number of amides is 2. The highest BCUT2D eigenvalue weighted by molar-refractivity contribution is 6.35. The number of imide groups is 1. The molecule has 0 bridgehead atoms. The van der Waals surface area contributed by atoms with E-state index in [0.717, 1.165) is 25.9 Å². The van der Waals surface area contributed by atoms with Crippen molar-refractivity contribution in [3.05, 3.63) is 41.3 Å². The van der Waals surface area contributed by atoms with Crippen molar-refractivity contribution < 1.29 is 19.1 Å². The van der Waals surface area contributed by atoms with Crippen LogP contribution in [-0.4, -0.2) is 77.5 Å². The van der Waals surface area contributed by atoms with Gasteiger partial charge in [0.25, 0.3) is 11.8 Å². The van der Waals surface area contributed by atoms with E-state index in [4.69, 9.17) is 5.11 Å². The van der Waals surface area contributed by atoms with Gasteiger partial charge in [0.15, 0.2) is 0 Å². The number of aliphatic hydroxyl groups excluding tert-OH is 1. The number of carbonyl (C=O) groups is 2. The van der Waals surface area contributed by atoms with Crippen LogP contribution in [0.15, 0.2) is 30.0 Å². The summed E-state index contributed by atoms with van der Waals surface area (Å²) < 4.78 is 13.3. The van der Waals surface area contributed by atoms with E-state index in [1.807, 2.05) is 11.8 Å². The van der Waals surface area contributed by atoms with Crippen molar-refractivity contribution in [2.45, 2.75) is 19.8 Å². The lowest BCUT2D eigenvalue weighted by atomic mass is 10.0. The number of halogens is 1. The third kappa shape index (κ3) is 4.04. The molecule has 0 unspecified atom stereocenters. The lowest BCUT2D eigenvalue weighted by Crippen LogP contribution is -2.48. The number of piperazine rings is 1. The predicted molar refractivity (Wildman–Crippen MR) is 100 cm³/mol. The van der Waals surface area contributed by atoms with Crippen molar-refractivity contribution in [3.63, 3.8) is 0 Å². The fourth-order valence-corrected chi connectivity index (χ4v) is 3.59. The highest BCUT2D eigenvalue weighted by Gasteiger charge is 2.41. The molecule has 0 saturated carbocycles. The average molecular weight is 375 g/mol. The van der Waals surface area contributed by atoms with Crippen LogP contribution in [0.2, 0.25) is 0 Å². The van der Waals surface area contributed by atoms with Crippen molar-refractivity contribution in [1.29, 1.82) is 0 Å². The summed E-state index contributed by atoms with van der Waals surface area (Å²) in [6, 6.07) is 5.74. The van der Waals surface area contributed by atoms with Gasteiger partial charge in [-0.1, -0.05) is 25.5 Å². The molecule has 0 spiro atoms. The summed E-state index contributed by atoms with van der Waals surface area (Å²) >= 11 is 0. The molecule has 146 valence electrons. The zero-order valence-electron chi connectivity index (χ0n) is 15.7. The average Bonchev–Trinajstić information content (AvgIpc) is 2.92. The number of hydrogen-bond donors (Lipinski definition) is 1. The first kappa shape index (κ1) is 19.5. The van der Waals surface area contributed by atoms with Crippen molar-refractivity contribution in [1.82, 2.24) is 14.7 Å². The van der Waals surface area contributed by atoms with E-state index < -0.39 is 0 Å². The van der Waals surface area contributed by atoms with Gasteiger partial charge in [-0.25, -0.2) is 4.39 Å². The molecule has 2 aliphatic heterocycles. The SMILES string of the molecule is CCCCN1C(=O)C(c2ccc(F)cc2)=C(N2CCN(CCO)CC2)C1=O. The maximum absolute atomic E-state index is 13.3. The molecule has 2 amide bonds. The minimum Gasteiger partial charge on any atom is -0.395 e. The van der Waals surface area contributed by atoms with Crippen LogP contribution in [0.4, 0.5) is 4.39 Å². The summed E-state index contributed by atoms with van der Waals surface area (Å²) in [7, 11) is 0. The van der Waals surface area contributed by atoms with Crippen molar-refractivity contribution in [2.75, 3.05) is 45.9 Å². The van der Waals surface area contributed by atoms with Crippen LogP contribution in [0.5, 0.6) is 0 Å². The second kappa shape index (κ2) is 8.63. The third-order valence-electron chi connectivity index (χ3n) is 5.12. The summed E-state index contributed by atoms with van der Waals surface area (Å²) in [5.41, 5.74) is 1.36. The summed E-state index contributed by atoms with van der Waals surface area (Å²) in [5.74, 6) is -0.936. The topological polar surface area (TPSA) is 64.1 Å². The third-order valence-corrected chi connectivity index (χ3v) is 5.12. The van der Waals surface area contributed by atoms with Gasteiger partial charge in [-0.2, -0.15) is 0 Å². The molecule has 0 atom stereocenters. The molecule has 1 aromatic rings. The molecule has 7 heteroatoms. The van der Waals surface area contributed by atoms with Crippen LogP contribution in [0, 0.1) is 5.82 Å². The van der Waals surface area contributed by atoms with Gasteiger partial charge >= 0.3 is 0 Å². The lowest BCUT2D eigenvalue weighted by Gasteiger charge is -2.36. The van der Waals surface area contributed by atoms with Crippen LogP contribution in [0.1, 0.15) is 25.3 Å². The standard InChI is InChI=1S/C20H26FN3O3/c1-2-3-8-24-19(26)17(15-4-6-16(21)7-5-15)18(20(24)27)23-11-9-22(10-12-23)13-14-25/h4-7,25H,2-3,8-14H2,1H3. The lowest BCUT2D eigenvalue weighted by molar-refractivity contribution is -0.137. The number of β-amino-alcohol motifs (C(OH)–C–C–N with tert-alkyl or cyclic N) is 1. The Hall–Kier alpha value is -2.25. The molecule has 0 radical (unpaired) electrons. The fraction of sp³-hybridized carbons (Fsp3) is 0.500. The molecular weight excluding hydrogens is 349 g/mol. The molecule has 1 saturated heterocycles. The normalized spacial score (nSPS) is 18.8. The molecule has 27 heavy (non-hydrogen) atoms. The van der Waals surface area contributed by atoms with Crippen LogP contribution in [0.25, 0.3) is 5.57 Å². The van der Waals surface area contributed by atoms with E-state index in [2.05, 4.69) is 4.90 Å². The second-order valence-corrected chi connectivity index (χ2v) is 6.90. The first-order chi connectivity index (χ1) is 13.1. The van der Waals surface area contributed by atoms with E-state index in [1.54, 1.807) is 12.1 Å². The summed E-state index contributed by atoms with van der Waals surface area (Å²) in [6.45, 7) is 5.78. The molecule has 0 aliphatic carbocycles. The maximum Gasteiger partial charge on any atom is 0.277 e. The van der Waals surface area contributed by atoms with E-state index in [0.29, 0.717) is 43.0 Å². The van der Waals surface area contributed by atoms with Gasteiger partial charge in [0.05, 0.1) is 12.2 Å². The number of rotatable bonds is 7. The van der Waals surface area contributed by atoms with E-state index in [9.17, 15) is 14.0 Å². The van der Waals surface area contributed by atoms with Gasteiger partial charge < -0.3 is 10.0 Å². The van der Waals surface area contributed by atoms with Crippen LogP contribution in [-0.2, 0) is 9.59 Å². The number of nitrogens with zero attached hydrogens (tertiary/aromatic N) is 3. The quantitative estimate of drug-likeness (QED) is 0.728. The fourth-order valence-electron chi connectivity index (χ4n) is 3.59. The Labute approximate surface area is 158 Å². The van der Waals surface area contributed by atoms with E-state index in [1.165, 1.54) is 17.0 Å². The molecule has 6 nitrogen and oxygen atoms in total. The highest BCUT2D eigenvalue weighted by atomic mass is 19.1. The van der Waals surface area contributed by atoms with Gasteiger partial charge in [-0.15, -0.1) is 0 Å². The van der Waals surface area contributed by atoms with Crippen molar-refractivity contribution in [2.24, 2.45) is 0 Å². The molecule has 2 heterocycles. The van der Waals surface area contributed by atoms with Gasteiger partial charge in [-0.3, -0.25) is 19.4 Å². The number of benzene rings is 1. The Balaban J connectivity index is 1.92. The minimum absolute atomic E-state index is 0.103. The predicted octanol–water partition coefficient (Wildman–Crippen LogP) is 1.32. The zero-order chi connectivity index (χ0) is 19.4. The summed E-state index contributed by atoms with van der Waals surface area (Å²) in [5, 5.41) is 9.10. The molecule has 3 rings (SSSR count). The first-order valence-electron chi connectivity index (χ1n) is 9.51. The number of carbonyl (C=O) groups excluding carboxylic acids is 2. The van der Waals surface area contributed by atoms with Crippen molar-refractivity contribution >= 4 is 17.4 Å². The van der Waals surface area contributed by atoms with Crippen molar-refractivity contribution in [3.8, 4) is 0 Å². The molecule has 2 aliphatic rings. The summed E-state index contributed by atoms with van der Waals surface area (Å²) in [4.78, 5) is 31.5. The minimum atomic E-state index is -0.377. The molecule has 1 aromatic carbocycles.